The summed E-state index contributed by atoms with van der Waals surface area (Å²) >= 11 is 0. The highest BCUT2D eigenvalue weighted by atomic mass is 28.3. The smallest absolute Gasteiger partial charge is 0.105 e. The van der Waals surface area contributed by atoms with E-state index < -0.39 is 20.3 Å². The number of aliphatic hydroxyl groups excluding tert-OH is 3. The van der Waals surface area contributed by atoms with E-state index in [0.717, 1.165) is 5.56 Å². The summed E-state index contributed by atoms with van der Waals surface area (Å²) in [5.41, 5.74) is 0.728. The summed E-state index contributed by atoms with van der Waals surface area (Å²) in [6, 6.07) is 7.77. The first kappa shape index (κ1) is 14.4. The first-order chi connectivity index (χ1) is 7.86. The average Bonchev–Trinajstić information content (AvgIpc) is 2.27. The van der Waals surface area contributed by atoms with Crippen molar-refractivity contribution in [3.63, 3.8) is 0 Å². The Bertz CT molecular complexity index is 360. The lowest BCUT2D eigenvalue weighted by atomic mass is 10.0. The minimum atomic E-state index is -1.41. The van der Waals surface area contributed by atoms with Crippen LogP contribution in [0, 0.1) is 0 Å². The molecule has 17 heavy (non-hydrogen) atoms. The molecule has 0 spiro atoms. The quantitative estimate of drug-likeness (QED) is 0.687. The number of hydrogen-bond donors (Lipinski definition) is 3. The molecule has 1 rings (SSSR count). The van der Waals surface area contributed by atoms with Crippen molar-refractivity contribution in [1.82, 2.24) is 0 Å². The molecule has 0 saturated carbocycles. The molecule has 1 aromatic rings. The highest BCUT2D eigenvalue weighted by molar-refractivity contribution is 6.88. The zero-order chi connectivity index (χ0) is 13.1. The first-order valence-electron chi connectivity index (χ1n) is 5.93. The summed E-state index contributed by atoms with van der Waals surface area (Å²) in [6.07, 6.45) is -1.63. The van der Waals surface area contributed by atoms with Crippen molar-refractivity contribution in [2.45, 2.75) is 38.3 Å². The largest absolute Gasteiger partial charge is 0.396 e. The van der Waals surface area contributed by atoms with Gasteiger partial charge in [-0.1, -0.05) is 49.1 Å². The molecule has 1 aromatic carbocycles. The highest BCUT2D eigenvalue weighted by Gasteiger charge is 2.21. The minimum Gasteiger partial charge on any atom is -0.396 e. The molecule has 3 N–H and O–H groups in total. The Hall–Kier alpha value is -0.683. The standard InChI is InChI=1S/C13H22O3Si/c1-17(2,3)11-6-4-5-10(9-11)13(16)12(15)7-8-14/h4-6,9,12-16H,7-8H2,1-3H3. The van der Waals surface area contributed by atoms with Crippen molar-refractivity contribution in [3.05, 3.63) is 29.8 Å². The molecule has 2 unspecified atom stereocenters. The van der Waals surface area contributed by atoms with Gasteiger partial charge in [-0.15, -0.1) is 0 Å². The normalized spacial score (nSPS) is 15.6. The molecule has 0 bridgehead atoms. The highest BCUT2D eigenvalue weighted by Crippen LogP contribution is 2.18. The summed E-state index contributed by atoms with van der Waals surface area (Å²) in [4.78, 5) is 0. The van der Waals surface area contributed by atoms with Crippen LogP contribution >= 0.6 is 0 Å². The summed E-state index contributed by atoms with van der Waals surface area (Å²) in [5.74, 6) is 0. The molecule has 0 aromatic heterocycles. The van der Waals surface area contributed by atoms with Gasteiger partial charge in [0.2, 0.25) is 0 Å². The zero-order valence-corrected chi connectivity index (χ0v) is 11.7. The van der Waals surface area contributed by atoms with Gasteiger partial charge in [0.25, 0.3) is 0 Å². The van der Waals surface area contributed by atoms with Crippen LogP contribution in [0.5, 0.6) is 0 Å². The van der Waals surface area contributed by atoms with Gasteiger partial charge in [0, 0.05) is 6.61 Å². The van der Waals surface area contributed by atoms with Crippen LogP contribution in [0.3, 0.4) is 0 Å². The zero-order valence-electron chi connectivity index (χ0n) is 10.7. The van der Waals surface area contributed by atoms with E-state index in [1.165, 1.54) is 5.19 Å². The van der Waals surface area contributed by atoms with E-state index in [-0.39, 0.29) is 13.0 Å². The van der Waals surface area contributed by atoms with Gasteiger partial charge in [-0.25, -0.2) is 0 Å². The molecular weight excluding hydrogens is 232 g/mol. The molecule has 0 amide bonds. The van der Waals surface area contributed by atoms with Crippen LogP contribution in [-0.4, -0.2) is 36.1 Å². The van der Waals surface area contributed by atoms with Gasteiger partial charge in [0.15, 0.2) is 0 Å². The van der Waals surface area contributed by atoms with E-state index in [2.05, 4.69) is 25.7 Å². The van der Waals surface area contributed by atoms with Crippen LogP contribution in [0.4, 0.5) is 0 Å². The molecular formula is C13H22O3Si. The number of aliphatic hydroxyl groups is 3. The van der Waals surface area contributed by atoms with E-state index in [0.29, 0.717) is 0 Å². The second-order valence-corrected chi connectivity index (χ2v) is 10.5. The molecule has 0 radical (unpaired) electrons. The van der Waals surface area contributed by atoms with Crippen molar-refractivity contribution >= 4 is 13.3 Å². The van der Waals surface area contributed by atoms with Crippen molar-refractivity contribution in [2.24, 2.45) is 0 Å². The van der Waals surface area contributed by atoms with E-state index >= 15 is 0 Å². The summed E-state index contributed by atoms with van der Waals surface area (Å²) in [6.45, 7) is 6.60. The molecule has 2 atom stereocenters. The number of benzene rings is 1. The second kappa shape index (κ2) is 5.77. The predicted octanol–water partition coefficient (Wildman–Crippen LogP) is 1.01. The maximum absolute atomic E-state index is 9.96. The Labute approximate surface area is 104 Å². The molecule has 0 fully saturated rings. The van der Waals surface area contributed by atoms with Gasteiger partial charge in [-0.05, 0) is 12.0 Å². The third-order valence-electron chi connectivity index (χ3n) is 2.88. The summed E-state index contributed by atoms with van der Waals surface area (Å²) < 4.78 is 0. The third kappa shape index (κ3) is 3.92. The average molecular weight is 254 g/mol. The molecule has 0 aliphatic carbocycles. The minimum absolute atomic E-state index is 0.119. The lowest BCUT2D eigenvalue weighted by Crippen LogP contribution is -2.38. The Balaban J connectivity index is 2.92. The van der Waals surface area contributed by atoms with E-state index in [1.807, 2.05) is 18.2 Å². The van der Waals surface area contributed by atoms with Gasteiger partial charge >= 0.3 is 0 Å². The Kier molecular flexibility index (Phi) is 4.88. The Morgan fingerprint density at radius 3 is 2.35 bits per heavy atom. The van der Waals surface area contributed by atoms with Crippen molar-refractivity contribution in [1.29, 1.82) is 0 Å². The lowest BCUT2D eigenvalue weighted by Gasteiger charge is -2.21. The fourth-order valence-corrected chi connectivity index (χ4v) is 2.90. The van der Waals surface area contributed by atoms with Crippen LogP contribution in [-0.2, 0) is 0 Å². The van der Waals surface area contributed by atoms with Crippen LogP contribution in [0.1, 0.15) is 18.1 Å². The van der Waals surface area contributed by atoms with Crippen LogP contribution in [0.15, 0.2) is 24.3 Å². The first-order valence-corrected chi connectivity index (χ1v) is 9.43. The Morgan fingerprint density at radius 1 is 1.18 bits per heavy atom. The number of hydrogen-bond acceptors (Lipinski definition) is 3. The molecule has 0 aliphatic heterocycles. The predicted molar refractivity (Wildman–Crippen MR) is 72.1 cm³/mol. The topological polar surface area (TPSA) is 60.7 Å². The monoisotopic (exact) mass is 254 g/mol. The van der Waals surface area contributed by atoms with Crippen molar-refractivity contribution in [2.75, 3.05) is 6.61 Å². The van der Waals surface area contributed by atoms with E-state index in [9.17, 15) is 10.2 Å². The fraction of sp³-hybridized carbons (Fsp3) is 0.538. The molecule has 0 heterocycles. The van der Waals surface area contributed by atoms with Gasteiger partial charge < -0.3 is 15.3 Å². The van der Waals surface area contributed by atoms with Gasteiger partial charge in [-0.2, -0.15) is 0 Å². The van der Waals surface area contributed by atoms with Crippen LogP contribution in [0.2, 0.25) is 19.6 Å². The maximum atomic E-state index is 9.96. The molecule has 4 heteroatoms. The van der Waals surface area contributed by atoms with Crippen LogP contribution < -0.4 is 5.19 Å². The van der Waals surface area contributed by atoms with Crippen molar-refractivity contribution < 1.29 is 15.3 Å². The van der Waals surface area contributed by atoms with Crippen LogP contribution in [0.25, 0.3) is 0 Å². The maximum Gasteiger partial charge on any atom is 0.105 e. The summed E-state index contributed by atoms with van der Waals surface area (Å²) in [7, 11) is -1.41. The van der Waals surface area contributed by atoms with E-state index in [4.69, 9.17) is 5.11 Å². The molecule has 3 nitrogen and oxygen atoms in total. The summed E-state index contributed by atoms with van der Waals surface area (Å²) in [5, 5.41) is 29.6. The Morgan fingerprint density at radius 2 is 1.82 bits per heavy atom. The fourth-order valence-electron chi connectivity index (χ4n) is 1.70. The lowest BCUT2D eigenvalue weighted by molar-refractivity contribution is 0.00426. The van der Waals surface area contributed by atoms with Gasteiger partial charge in [0.1, 0.15) is 6.10 Å². The SMILES string of the molecule is C[Si](C)(C)c1cccc(C(O)C(O)CCO)c1. The molecule has 96 valence electrons. The van der Waals surface area contributed by atoms with Gasteiger partial charge in [-0.3, -0.25) is 0 Å². The van der Waals surface area contributed by atoms with E-state index in [1.54, 1.807) is 0 Å². The molecule has 0 saturated heterocycles. The van der Waals surface area contributed by atoms with Crippen molar-refractivity contribution in [3.8, 4) is 0 Å². The number of rotatable bonds is 5. The second-order valence-electron chi connectivity index (χ2n) is 5.40. The molecule has 0 aliphatic rings. The van der Waals surface area contributed by atoms with Gasteiger partial charge in [0.05, 0.1) is 14.2 Å². The third-order valence-corrected chi connectivity index (χ3v) is 4.93.